The van der Waals surface area contributed by atoms with Gasteiger partial charge >= 0.3 is 0 Å². The SMILES string of the molecule is CCC1CCNC(CN(C)Cc2cnn(C)c2)C1. The van der Waals surface area contributed by atoms with E-state index in [1.807, 2.05) is 17.9 Å². The van der Waals surface area contributed by atoms with Crippen molar-refractivity contribution in [2.75, 3.05) is 20.1 Å². The fraction of sp³-hybridized carbons (Fsp3) is 0.786. The molecular formula is C14H26N4. The molecule has 2 heterocycles. The molecule has 0 spiro atoms. The Morgan fingerprint density at radius 3 is 3.06 bits per heavy atom. The average molecular weight is 250 g/mol. The van der Waals surface area contributed by atoms with Gasteiger partial charge in [0.2, 0.25) is 0 Å². The predicted molar refractivity (Wildman–Crippen MR) is 74.3 cm³/mol. The van der Waals surface area contributed by atoms with Crippen molar-refractivity contribution in [3.05, 3.63) is 18.0 Å². The predicted octanol–water partition coefficient (Wildman–Crippen LogP) is 1.63. The van der Waals surface area contributed by atoms with Crippen molar-refractivity contribution in [2.24, 2.45) is 13.0 Å². The summed E-state index contributed by atoms with van der Waals surface area (Å²) < 4.78 is 1.87. The van der Waals surface area contributed by atoms with Crippen LogP contribution in [0.1, 0.15) is 31.7 Å². The second kappa shape index (κ2) is 6.34. The maximum Gasteiger partial charge on any atom is 0.0534 e. The number of aromatic nitrogens is 2. The zero-order valence-corrected chi connectivity index (χ0v) is 11.9. The summed E-state index contributed by atoms with van der Waals surface area (Å²) in [4.78, 5) is 2.40. The zero-order chi connectivity index (χ0) is 13.0. The van der Waals surface area contributed by atoms with E-state index in [0.717, 1.165) is 19.0 Å². The second-order valence-corrected chi connectivity index (χ2v) is 5.67. The van der Waals surface area contributed by atoms with E-state index in [1.165, 1.54) is 31.4 Å². The summed E-state index contributed by atoms with van der Waals surface area (Å²) in [7, 11) is 4.17. The summed E-state index contributed by atoms with van der Waals surface area (Å²) in [5.41, 5.74) is 1.29. The molecule has 1 aliphatic heterocycles. The molecule has 0 aliphatic carbocycles. The first-order chi connectivity index (χ1) is 8.67. The summed E-state index contributed by atoms with van der Waals surface area (Å²) in [6, 6.07) is 0.658. The van der Waals surface area contributed by atoms with Gasteiger partial charge in [0, 0.05) is 37.9 Å². The third-order valence-corrected chi connectivity index (χ3v) is 3.92. The number of aryl methyl sites for hydroxylation is 1. The lowest BCUT2D eigenvalue weighted by atomic mass is 9.90. The molecule has 0 bridgehead atoms. The normalized spacial score (nSPS) is 24.7. The third-order valence-electron chi connectivity index (χ3n) is 3.92. The maximum atomic E-state index is 4.22. The Morgan fingerprint density at radius 1 is 1.56 bits per heavy atom. The standard InChI is InChI=1S/C14H26N4/c1-4-12-5-6-15-14(7-12)11-17(2)9-13-8-16-18(3)10-13/h8,10,12,14-15H,4-7,9,11H2,1-3H3. The molecule has 0 amide bonds. The second-order valence-electron chi connectivity index (χ2n) is 5.67. The van der Waals surface area contributed by atoms with Crippen molar-refractivity contribution in [3.63, 3.8) is 0 Å². The fourth-order valence-corrected chi connectivity index (χ4v) is 2.91. The Morgan fingerprint density at radius 2 is 2.39 bits per heavy atom. The third kappa shape index (κ3) is 3.82. The van der Waals surface area contributed by atoms with E-state index in [-0.39, 0.29) is 0 Å². The Kier molecular flexibility index (Phi) is 4.78. The Bertz CT molecular complexity index is 360. The van der Waals surface area contributed by atoms with Gasteiger partial charge in [-0.1, -0.05) is 13.3 Å². The molecule has 2 rings (SSSR count). The highest BCUT2D eigenvalue weighted by Crippen LogP contribution is 2.19. The first kappa shape index (κ1) is 13.6. The van der Waals surface area contributed by atoms with Gasteiger partial charge in [0.25, 0.3) is 0 Å². The summed E-state index contributed by atoms with van der Waals surface area (Å²) in [5.74, 6) is 0.919. The summed E-state index contributed by atoms with van der Waals surface area (Å²) in [6.45, 7) is 5.62. The van der Waals surface area contributed by atoms with Crippen LogP contribution in [0.2, 0.25) is 0 Å². The van der Waals surface area contributed by atoms with Gasteiger partial charge in [-0.15, -0.1) is 0 Å². The van der Waals surface area contributed by atoms with Gasteiger partial charge in [-0.3, -0.25) is 4.68 Å². The average Bonchev–Trinajstić information content (AvgIpc) is 2.74. The van der Waals surface area contributed by atoms with Gasteiger partial charge in [0.15, 0.2) is 0 Å². The Balaban J connectivity index is 1.78. The molecule has 2 atom stereocenters. The van der Waals surface area contributed by atoms with Crippen LogP contribution in [0.25, 0.3) is 0 Å². The van der Waals surface area contributed by atoms with Gasteiger partial charge in [-0.25, -0.2) is 0 Å². The van der Waals surface area contributed by atoms with Crippen LogP contribution in [0, 0.1) is 5.92 Å². The minimum atomic E-state index is 0.658. The highest BCUT2D eigenvalue weighted by atomic mass is 15.2. The van der Waals surface area contributed by atoms with Crippen molar-refractivity contribution in [1.29, 1.82) is 0 Å². The lowest BCUT2D eigenvalue weighted by Gasteiger charge is -2.32. The summed E-state index contributed by atoms with van der Waals surface area (Å²) in [6.07, 6.45) is 8.05. The van der Waals surface area contributed by atoms with Gasteiger partial charge in [0.1, 0.15) is 0 Å². The Labute approximate surface area is 110 Å². The molecule has 0 aromatic carbocycles. The van der Waals surface area contributed by atoms with Crippen LogP contribution >= 0.6 is 0 Å². The van der Waals surface area contributed by atoms with E-state index in [1.54, 1.807) is 0 Å². The van der Waals surface area contributed by atoms with E-state index in [4.69, 9.17) is 0 Å². The zero-order valence-electron chi connectivity index (χ0n) is 11.9. The molecule has 2 unspecified atom stereocenters. The van der Waals surface area contributed by atoms with Crippen molar-refractivity contribution in [3.8, 4) is 0 Å². The van der Waals surface area contributed by atoms with Crippen LogP contribution in [0.3, 0.4) is 0 Å². The molecule has 1 fully saturated rings. The minimum absolute atomic E-state index is 0.658. The molecule has 4 heteroatoms. The lowest BCUT2D eigenvalue weighted by Crippen LogP contribution is -2.44. The van der Waals surface area contributed by atoms with Gasteiger partial charge < -0.3 is 10.2 Å². The van der Waals surface area contributed by atoms with E-state index in [0.29, 0.717) is 6.04 Å². The van der Waals surface area contributed by atoms with Gasteiger partial charge in [0.05, 0.1) is 6.20 Å². The molecule has 1 aromatic heterocycles. The maximum absolute atomic E-state index is 4.22. The van der Waals surface area contributed by atoms with Crippen molar-refractivity contribution in [1.82, 2.24) is 20.0 Å². The number of hydrogen-bond donors (Lipinski definition) is 1. The molecule has 0 saturated carbocycles. The van der Waals surface area contributed by atoms with Gasteiger partial charge in [-0.05, 0) is 32.4 Å². The molecular weight excluding hydrogens is 224 g/mol. The van der Waals surface area contributed by atoms with E-state index >= 15 is 0 Å². The molecule has 1 aromatic rings. The van der Waals surface area contributed by atoms with Crippen molar-refractivity contribution in [2.45, 2.75) is 38.8 Å². The van der Waals surface area contributed by atoms with Gasteiger partial charge in [-0.2, -0.15) is 5.10 Å². The molecule has 1 aliphatic rings. The molecule has 18 heavy (non-hydrogen) atoms. The highest BCUT2D eigenvalue weighted by molar-refractivity contribution is 5.03. The number of hydrogen-bond acceptors (Lipinski definition) is 3. The number of likely N-dealkylation sites (N-methyl/N-ethyl adjacent to an activating group) is 1. The minimum Gasteiger partial charge on any atom is -0.313 e. The molecule has 4 nitrogen and oxygen atoms in total. The molecule has 102 valence electrons. The number of nitrogens with one attached hydrogen (secondary N) is 1. The fourth-order valence-electron chi connectivity index (χ4n) is 2.91. The van der Waals surface area contributed by atoms with Crippen LogP contribution in [0.4, 0.5) is 0 Å². The molecule has 1 N–H and O–H groups in total. The van der Waals surface area contributed by atoms with E-state index < -0.39 is 0 Å². The molecule has 0 radical (unpaired) electrons. The number of rotatable bonds is 5. The van der Waals surface area contributed by atoms with Crippen LogP contribution in [-0.2, 0) is 13.6 Å². The summed E-state index contributed by atoms with van der Waals surface area (Å²) >= 11 is 0. The van der Waals surface area contributed by atoms with E-state index in [2.05, 4.69) is 35.5 Å². The van der Waals surface area contributed by atoms with Crippen LogP contribution in [0.5, 0.6) is 0 Å². The van der Waals surface area contributed by atoms with E-state index in [9.17, 15) is 0 Å². The Hall–Kier alpha value is -0.870. The molecule has 1 saturated heterocycles. The van der Waals surface area contributed by atoms with Crippen LogP contribution < -0.4 is 5.32 Å². The summed E-state index contributed by atoms with van der Waals surface area (Å²) in [5, 5.41) is 7.86. The van der Waals surface area contributed by atoms with Crippen molar-refractivity contribution >= 4 is 0 Å². The first-order valence-electron chi connectivity index (χ1n) is 7.06. The lowest BCUT2D eigenvalue weighted by molar-refractivity contribution is 0.220. The number of nitrogens with zero attached hydrogens (tertiary/aromatic N) is 3. The topological polar surface area (TPSA) is 33.1 Å². The van der Waals surface area contributed by atoms with Crippen LogP contribution in [-0.4, -0.2) is 40.9 Å². The van der Waals surface area contributed by atoms with Crippen LogP contribution in [0.15, 0.2) is 12.4 Å². The monoisotopic (exact) mass is 250 g/mol. The van der Waals surface area contributed by atoms with Crippen molar-refractivity contribution < 1.29 is 0 Å². The first-order valence-corrected chi connectivity index (χ1v) is 7.06. The number of piperidine rings is 1. The highest BCUT2D eigenvalue weighted by Gasteiger charge is 2.21. The quantitative estimate of drug-likeness (QED) is 0.862. The largest absolute Gasteiger partial charge is 0.313 e. The smallest absolute Gasteiger partial charge is 0.0534 e.